The minimum atomic E-state index is -3.86. The molecule has 2 aromatic carbocycles. The Morgan fingerprint density at radius 3 is 2.36 bits per heavy atom. The number of aryl methyl sites for hydroxylation is 1. The molecule has 6 nitrogen and oxygen atoms in total. The summed E-state index contributed by atoms with van der Waals surface area (Å²) in [6.07, 6.45) is 0. The maximum atomic E-state index is 12.7. The van der Waals surface area contributed by atoms with Crippen molar-refractivity contribution in [3.05, 3.63) is 59.2 Å². The number of benzene rings is 2. The zero-order chi connectivity index (χ0) is 18.6. The number of amides is 1. The zero-order valence-corrected chi connectivity index (χ0v) is 15.3. The fourth-order valence-electron chi connectivity index (χ4n) is 2.42. The van der Waals surface area contributed by atoms with Gasteiger partial charge >= 0.3 is 0 Å². The summed E-state index contributed by atoms with van der Waals surface area (Å²) in [5, 5.41) is 5.15. The Morgan fingerprint density at radius 2 is 1.80 bits per heavy atom. The molecule has 0 heterocycles. The Labute approximate surface area is 148 Å². The topological polar surface area (TPSA) is 89.7 Å². The summed E-state index contributed by atoms with van der Waals surface area (Å²) in [4.78, 5) is 14.1. The monoisotopic (exact) mass is 362 g/mol. The Kier molecular flexibility index (Phi) is 5.81. The number of nitrogens with two attached hydrogens (primary N) is 1. The van der Waals surface area contributed by atoms with Crippen LogP contribution in [0.3, 0.4) is 0 Å². The first-order chi connectivity index (χ1) is 11.7. The zero-order valence-electron chi connectivity index (χ0n) is 14.5. The average Bonchev–Trinajstić information content (AvgIpc) is 2.55. The van der Waals surface area contributed by atoms with Gasteiger partial charge in [0, 0.05) is 19.2 Å². The minimum absolute atomic E-state index is 0.0732. The van der Waals surface area contributed by atoms with E-state index in [1.54, 1.807) is 20.0 Å². The number of hydrogen-bond donors (Lipinski definition) is 1. The van der Waals surface area contributed by atoms with Crippen LogP contribution in [0.2, 0.25) is 0 Å². The van der Waals surface area contributed by atoms with Gasteiger partial charge in [0.05, 0.1) is 11.5 Å². The normalized spacial score (nSPS) is 11.2. The second-order valence-electron chi connectivity index (χ2n) is 5.76. The van der Waals surface area contributed by atoms with E-state index in [4.69, 9.17) is 9.88 Å². The molecule has 0 fully saturated rings. The fourth-order valence-corrected chi connectivity index (χ4v) is 2.96. The summed E-state index contributed by atoms with van der Waals surface area (Å²) in [5.74, 6) is 0.508. The van der Waals surface area contributed by atoms with Crippen molar-refractivity contribution in [1.29, 1.82) is 0 Å². The van der Waals surface area contributed by atoms with Crippen LogP contribution in [0.5, 0.6) is 5.75 Å². The summed E-state index contributed by atoms with van der Waals surface area (Å²) in [6, 6.07) is 11.8. The van der Waals surface area contributed by atoms with Gasteiger partial charge < -0.3 is 9.64 Å². The summed E-state index contributed by atoms with van der Waals surface area (Å²) < 4.78 is 28.4. The molecule has 2 aromatic rings. The third kappa shape index (κ3) is 4.80. The van der Waals surface area contributed by atoms with Crippen molar-refractivity contribution in [3.63, 3.8) is 0 Å². The lowest BCUT2D eigenvalue weighted by Gasteiger charge is -2.19. The minimum Gasteiger partial charge on any atom is -0.494 e. The lowest BCUT2D eigenvalue weighted by molar-refractivity contribution is 0.0784. The highest BCUT2D eigenvalue weighted by molar-refractivity contribution is 7.89. The highest BCUT2D eigenvalue weighted by atomic mass is 32.2. The molecule has 1 amide bonds. The first-order valence-corrected chi connectivity index (χ1v) is 9.37. The molecule has 0 radical (unpaired) electrons. The van der Waals surface area contributed by atoms with Crippen molar-refractivity contribution in [1.82, 2.24) is 4.90 Å². The van der Waals surface area contributed by atoms with Crippen molar-refractivity contribution < 1.29 is 17.9 Å². The molecular formula is C18H22N2O4S. The molecule has 7 heteroatoms. The van der Waals surface area contributed by atoms with Crippen molar-refractivity contribution in [2.45, 2.75) is 25.3 Å². The molecule has 0 atom stereocenters. The first kappa shape index (κ1) is 19.0. The van der Waals surface area contributed by atoms with Gasteiger partial charge in [-0.25, -0.2) is 13.6 Å². The average molecular weight is 362 g/mol. The molecule has 0 aliphatic heterocycles. The number of carbonyl (C=O) groups is 1. The van der Waals surface area contributed by atoms with Crippen LogP contribution in [-0.4, -0.2) is 32.9 Å². The lowest BCUT2D eigenvalue weighted by atomic mass is 10.1. The van der Waals surface area contributed by atoms with E-state index in [0.717, 1.165) is 11.3 Å². The summed E-state index contributed by atoms with van der Waals surface area (Å²) in [7, 11) is -2.19. The van der Waals surface area contributed by atoms with E-state index in [-0.39, 0.29) is 10.8 Å². The fraction of sp³-hybridized carbons (Fsp3) is 0.278. The van der Waals surface area contributed by atoms with Gasteiger partial charge in [0.25, 0.3) is 5.91 Å². The van der Waals surface area contributed by atoms with E-state index in [9.17, 15) is 13.2 Å². The number of carbonyl (C=O) groups excluding carboxylic acids is 1. The van der Waals surface area contributed by atoms with Gasteiger partial charge in [0.2, 0.25) is 10.0 Å². The van der Waals surface area contributed by atoms with Crippen LogP contribution in [-0.2, 0) is 16.6 Å². The number of ether oxygens (including phenoxy) is 1. The van der Waals surface area contributed by atoms with Gasteiger partial charge in [0.15, 0.2) is 0 Å². The van der Waals surface area contributed by atoms with E-state index >= 15 is 0 Å². The predicted molar refractivity (Wildman–Crippen MR) is 96.0 cm³/mol. The quantitative estimate of drug-likeness (QED) is 0.854. The molecule has 0 saturated heterocycles. The highest BCUT2D eigenvalue weighted by Gasteiger charge is 2.18. The molecule has 25 heavy (non-hydrogen) atoms. The van der Waals surface area contributed by atoms with Gasteiger partial charge in [-0.3, -0.25) is 4.79 Å². The Bertz CT molecular complexity index is 861. The van der Waals surface area contributed by atoms with Crippen LogP contribution in [0.4, 0.5) is 0 Å². The smallest absolute Gasteiger partial charge is 0.254 e. The van der Waals surface area contributed by atoms with Crippen molar-refractivity contribution in [3.8, 4) is 5.75 Å². The Balaban J connectivity index is 2.19. The third-order valence-electron chi connectivity index (χ3n) is 3.77. The van der Waals surface area contributed by atoms with Crippen molar-refractivity contribution in [2.75, 3.05) is 13.7 Å². The molecule has 0 aliphatic rings. The molecule has 0 aliphatic carbocycles. The van der Waals surface area contributed by atoms with Crippen LogP contribution in [0, 0.1) is 6.92 Å². The molecule has 2 N–H and O–H groups in total. The van der Waals surface area contributed by atoms with Crippen molar-refractivity contribution in [2.24, 2.45) is 5.14 Å². The molecule has 0 bridgehead atoms. The van der Waals surface area contributed by atoms with Crippen LogP contribution in [0.15, 0.2) is 47.4 Å². The van der Waals surface area contributed by atoms with Crippen LogP contribution < -0.4 is 9.88 Å². The van der Waals surface area contributed by atoms with Crippen LogP contribution >= 0.6 is 0 Å². The summed E-state index contributed by atoms with van der Waals surface area (Å²) >= 11 is 0. The summed E-state index contributed by atoms with van der Waals surface area (Å²) in [6.45, 7) is 4.66. The Hall–Kier alpha value is -2.38. The number of nitrogens with zero attached hydrogens (tertiary/aromatic N) is 1. The second-order valence-corrected chi connectivity index (χ2v) is 7.32. The predicted octanol–water partition coefficient (Wildman–Crippen LogP) is 2.31. The van der Waals surface area contributed by atoms with E-state index in [0.29, 0.717) is 24.3 Å². The molecule has 0 unspecified atom stereocenters. The van der Waals surface area contributed by atoms with E-state index in [1.807, 2.05) is 31.2 Å². The van der Waals surface area contributed by atoms with Crippen LogP contribution in [0.25, 0.3) is 0 Å². The molecular weight excluding hydrogens is 340 g/mol. The van der Waals surface area contributed by atoms with Gasteiger partial charge in [-0.2, -0.15) is 0 Å². The number of hydrogen-bond acceptors (Lipinski definition) is 4. The van der Waals surface area contributed by atoms with E-state index in [2.05, 4.69) is 0 Å². The van der Waals surface area contributed by atoms with Gasteiger partial charge in [-0.15, -0.1) is 0 Å². The molecule has 0 saturated carbocycles. The SMILES string of the molecule is CCOc1ccc(CN(C)C(=O)c2cc(S(N)(=O)=O)ccc2C)cc1. The second kappa shape index (κ2) is 7.67. The number of rotatable bonds is 6. The molecule has 0 aromatic heterocycles. The molecule has 2 rings (SSSR count). The highest BCUT2D eigenvalue weighted by Crippen LogP contribution is 2.18. The largest absolute Gasteiger partial charge is 0.494 e. The van der Waals surface area contributed by atoms with E-state index < -0.39 is 10.0 Å². The van der Waals surface area contributed by atoms with Gasteiger partial charge in [-0.05, 0) is 49.2 Å². The van der Waals surface area contributed by atoms with Crippen LogP contribution in [0.1, 0.15) is 28.4 Å². The first-order valence-electron chi connectivity index (χ1n) is 7.83. The standard InChI is InChI=1S/C18H22N2O4S/c1-4-24-15-8-6-14(7-9-15)12-20(3)18(21)17-11-16(25(19,22)23)10-5-13(17)2/h5-11H,4,12H2,1-3H3,(H2,19,22,23). The molecule has 134 valence electrons. The van der Waals surface area contributed by atoms with Gasteiger partial charge in [0.1, 0.15) is 5.75 Å². The Morgan fingerprint density at radius 1 is 1.16 bits per heavy atom. The lowest BCUT2D eigenvalue weighted by Crippen LogP contribution is -2.27. The maximum absolute atomic E-state index is 12.7. The van der Waals surface area contributed by atoms with E-state index in [1.165, 1.54) is 17.0 Å². The van der Waals surface area contributed by atoms with Gasteiger partial charge in [-0.1, -0.05) is 18.2 Å². The number of sulfonamides is 1. The molecule has 0 spiro atoms. The third-order valence-corrected chi connectivity index (χ3v) is 4.68. The summed E-state index contributed by atoms with van der Waals surface area (Å²) in [5.41, 5.74) is 1.95. The number of primary sulfonamides is 1. The van der Waals surface area contributed by atoms with Crippen molar-refractivity contribution >= 4 is 15.9 Å². The maximum Gasteiger partial charge on any atom is 0.254 e.